The van der Waals surface area contributed by atoms with Gasteiger partial charge in [0.15, 0.2) is 0 Å². The van der Waals surface area contributed by atoms with Crippen LogP contribution in [0.2, 0.25) is 0 Å². The normalized spacial score (nSPS) is 18.8. The van der Waals surface area contributed by atoms with E-state index in [4.69, 9.17) is 0 Å². The van der Waals surface area contributed by atoms with E-state index in [2.05, 4.69) is 70.4 Å². The predicted octanol–water partition coefficient (Wildman–Crippen LogP) is 12.0. The molecule has 0 amide bonds. The smallest absolute Gasteiger partial charge is 0.108 e. The standard InChI is InChI=1S/C19H34.C5H6FP.C3H8.2C2H6/c1-6-11-17(12-7-2)18(9-4)19-15(5)13-10-14-16(19)8-3;1-3(7)4-2-5(4)6;1-3-2;2*1-2/h9,16-17H,6-8,10-14H2,1-5H3;2,4H,1,7H2;3H2,1-2H3;2*1-2H3/b18-9-;;;;. The third-order valence-electron chi connectivity index (χ3n) is 5.71. The fourth-order valence-corrected chi connectivity index (χ4v) is 4.55. The van der Waals surface area contributed by atoms with E-state index >= 15 is 0 Å². The average Bonchev–Trinajstić information content (AvgIpc) is 3.56. The number of rotatable bonds is 8. The maximum Gasteiger partial charge on any atom is 0.108 e. The summed E-state index contributed by atoms with van der Waals surface area (Å²) in [6.45, 7) is 27.5. The van der Waals surface area contributed by atoms with Gasteiger partial charge in [0, 0.05) is 0 Å². The predicted molar refractivity (Wildman–Crippen MR) is 158 cm³/mol. The van der Waals surface area contributed by atoms with Gasteiger partial charge in [0.25, 0.3) is 0 Å². The Bertz CT molecular complexity index is 561. The molecule has 0 aromatic carbocycles. The molecule has 3 unspecified atom stereocenters. The summed E-state index contributed by atoms with van der Waals surface area (Å²) in [6.07, 6.45) is 16.0. The molecule has 0 bridgehead atoms. The molecule has 0 aromatic heterocycles. The van der Waals surface area contributed by atoms with Crippen molar-refractivity contribution in [1.29, 1.82) is 0 Å². The molecule has 0 spiro atoms. The molecule has 0 fully saturated rings. The third kappa shape index (κ3) is 15.8. The fourth-order valence-electron chi connectivity index (χ4n) is 4.29. The highest BCUT2D eigenvalue weighted by atomic mass is 31.0. The lowest BCUT2D eigenvalue weighted by atomic mass is 9.73. The Morgan fingerprint density at radius 3 is 1.82 bits per heavy atom. The van der Waals surface area contributed by atoms with Crippen molar-refractivity contribution in [2.45, 2.75) is 134 Å². The maximum absolute atomic E-state index is 11.8. The van der Waals surface area contributed by atoms with Crippen LogP contribution in [0.5, 0.6) is 0 Å². The topological polar surface area (TPSA) is 0 Å². The van der Waals surface area contributed by atoms with Gasteiger partial charge >= 0.3 is 0 Å². The summed E-state index contributed by atoms with van der Waals surface area (Å²) < 4.78 is 11.8. The van der Waals surface area contributed by atoms with Crippen LogP contribution in [0.4, 0.5) is 4.39 Å². The largest absolute Gasteiger partial charge is 0.211 e. The third-order valence-corrected chi connectivity index (χ3v) is 6.07. The monoisotopic (exact) mass is 482 g/mol. The first-order valence-electron chi connectivity index (χ1n) is 14.0. The van der Waals surface area contributed by atoms with E-state index in [1.165, 1.54) is 63.9 Å². The molecule has 2 aliphatic carbocycles. The Kier molecular flexibility index (Phi) is 27.3. The van der Waals surface area contributed by atoms with Crippen molar-refractivity contribution < 1.29 is 4.39 Å². The lowest BCUT2D eigenvalue weighted by molar-refractivity contribution is 0.450. The first-order valence-corrected chi connectivity index (χ1v) is 14.6. The highest BCUT2D eigenvalue weighted by Gasteiger charge is 2.26. The van der Waals surface area contributed by atoms with Gasteiger partial charge in [-0.2, -0.15) is 0 Å². The van der Waals surface area contributed by atoms with Crippen molar-refractivity contribution in [3.8, 4) is 0 Å². The van der Waals surface area contributed by atoms with Crippen LogP contribution in [0.15, 0.2) is 46.6 Å². The molecule has 0 aromatic rings. The van der Waals surface area contributed by atoms with E-state index < -0.39 is 0 Å². The van der Waals surface area contributed by atoms with Gasteiger partial charge in [-0.25, -0.2) is 4.39 Å². The van der Waals surface area contributed by atoms with Crippen LogP contribution in [0.25, 0.3) is 0 Å². The number of hydrogen-bond acceptors (Lipinski definition) is 0. The second-order valence-electron chi connectivity index (χ2n) is 8.52. The van der Waals surface area contributed by atoms with Crippen molar-refractivity contribution in [2.75, 3.05) is 0 Å². The molecule has 0 aliphatic heterocycles. The molecule has 0 saturated carbocycles. The van der Waals surface area contributed by atoms with Gasteiger partial charge in [0.2, 0.25) is 0 Å². The van der Waals surface area contributed by atoms with E-state index in [0.717, 1.165) is 17.2 Å². The summed E-state index contributed by atoms with van der Waals surface area (Å²) in [5.74, 6) is 1.55. The Balaban J connectivity index is -0.000000527. The van der Waals surface area contributed by atoms with Crippen molar-refractivity contribution in [2.24, 2.45) is 17.8 Å². The van der Waals surface area contributed by atoms with Crippen molar-refractivity contribution in [3.05, 3.63) is 46.6 Å². The Morgan fingerprint density at radius 1 is 1.09 bits per heavy atom. The molecule has 0 saturated heterocycles. The summed E-state index contributed by atoms with van der Waals surface area (Å²) >= 11 is 0. The number of halogens is 1. The molecule has 2 heteroatoms. The molecule has 2 aliphatic rings. The quantitative estimate of drug-likeness (QED) is 0.302. The molecular formula is C31H60FP. The van der Waals surface area contributed by atoms with Crippen LogP contribution in [0, 0.1) is 17.8 Å². The summed E-state index contributed by atoms with van der Waals surface area (Å²) in [5, 5.41) is 0.817. The second kappa shape index (κ2) is 24.4. The minimum atomic E-state index is -0.0417. The summed E-state index contributed by atoms with van der Waals surface area (Å²) in [5.41, 5.74) is 5.14. The Morgan fingerprint density at radius 2 is 1.55 bits per heavy atom. The average molecular weight is 483 g/mol. The minimum absolute atomic E-state index is 0.0370. The lowest BCUT2D eigenvalue weighted by Crippen LogP contribution is -2.17. The zero-order valence-electron chi connectivity index (χ0n) is 24.4. The minimum Gasteiger partial charge on any atom is -0.211 e. The van der Waals surface area contributed by atoms with Crippen LogP contribution in [-0.4, -0.2) is 0 Å². The van der Waals surface area contributed by atoms with Crippen LogP contribution >= 0.6 is 9.24 Å². The molecule has 0 heterocycles. The summed E-state index contributed by atoms with van der Waals surface area (Å²) in [4.78, 5) is 0. The number of allylic oxidation sites excluding steroid dienone is 7. The van der Waals surface area contributed by atoms with Gasteiger partial charge in [-0.05, 0) is 86.7 Å². The highest BCUT2D eigenvalue weighted by molar-refractivity contribution is 7.22. The first-order chi connectivity index (χ1) is 15.8. The molecule has 0 nitrogen and oxygen atoms in total. The fraction of sp³-hybridized carbons (Fsp3) is 0.742. The second-order valence-corrected chi connectivity index (χ2v) is 9.26. The maximum atomic E-state index is 11.8. The van der Waals surface area contributed by atoms with E-state index in [-0.39, 0.29) is 11.7 Å². The first kappa shape index (κ1) is 36.9. The van der Waals surface area contributed by atoms with Gasteiger partial charge in [-0.15, -0.1) is 9.24 Å². The van der Waals surface area contributed by atoms with Crippen molar-refractivity contribution >= 4 is 9.24 Å². The van der Waals surface area contributed by atoms with Crippen LogP contribution in [0.1, 0.15) is 134 Å². The van der Waals surface area contributed by atoms with Gasteiger partial charge in [-0.1, -0.05) is 99.8 Å². The van der Waals surface area contributed by atoms with Crippen LogP contribution in [0.3, 0.4) is 0 Å². The van der Waals surface area contributed by atoms with Crippen molar-refractivity contribution in [1.82, 2.24) is 0 Å². The summed E-state index contributed by atoms with van der Waals surface area (Å²) in [7, 11) is 2.37. The van der Waals surface area contributed by atoms with E-state index in [0.29, 0.717) is 0 Å². The summed E-state index contributed by atoms with van der Waals surface area (Å²) in [6, 6.07) is 0. The van der Waals surface area contributed by atoms with Crippen LogP contribution in [-0.2, 0) is 0 Å². The van der Waals surface area contributed by atoms with Crippen molar-refractivity contribution in [3.63, 3.8) is 0 Å². The van der Waals surface area contributed by atoms with E-state index in [1.54, 1.807) is 16.7 Å². The van der Waals surface area contributed by atoms with Crippen LogP contribution < -0.4 is 0 Å². The van der Waals surface area contributed by atoms with Gasteiger partial charge < -0.3 is 0 Å². The lowest BCUT2D eigenvalue weighted by Gasteiger charge is -2.32. The molecule has 0 radical (unpaired) electrons. The Hall–Kier alpha value is -0.680. The molecule has 2 rings (SSSR count). The molecular weight excluding hydrogens is 422 g/mol. The Labute approximate surface area is 211 Å². The molecule has 33 heavy (non-hydrogen) atoms. The zero-order valence-corrected chi connectivity index (χ0v) is 25.6. The highest BCUT2D eigenvalue weighted by Crippen LogP contribution is 2.41. The molecule has 0 N–H and O–H groups in total. The van der Waals surface area contributed by atoms with E-state index in [1.807, 2.05) is 27.7 Å². The SMILES string of the molecule is C/C=C(\C1=C(C)CCCC1CC)C(CCC)CCC.C=C(P)C1C=C1F.CC.CC.CCC. The molecule has 3 atom stereocenters. The van der Waals surface area contributed by atoms with E-state index in [9.17, 15) is 4.39 Å². The number of hydrogen-bond donors (Lipinski definition) is 0. The molecule has 196 valence electrons. The zero-order chi connectivity index (χ0) is 26.4. The van der Waals surface area contributed by atoms with Gasteiger partial charge in [0.1, 0.15) is 5.83 Å². The van der Waals surface area contributed by atoms with Gasteiger partial charge in [-0.3, -0.25) is 0 Å². The van der Waals surface area contributed by atoms with Gasteiger partial charge in [0.05, 0.1) is 5.92 Å².